The first kappa shape index (κ1) is 17.7. The number of pyridine rings is 1. The van der Waals surface area contributed by atoms with Crippen LogP contribution in [-0.4, -0.2) is 29.2 Å². The standard InChI is InChI=1S/C21H22N2O3/c1-3-14(4-2)15-5-6-17-16(8-10-26-20(17)11-15)12-23-19-13-22-9-7-18(19)21(24)25/h3-7,9,11,13,16,23H,1,8,10,12H2,2H3,(H,24,25)/b14-4+/t16-/m1/s1. The molecule has 5 heteroatoms. The van der Waals surface area contributed by atoms with Gasteiger partial charge < -0.3 is 15.2 Å². The number of rotatable bonds is 6. The number of anilines is 1. The van der Waals surface area contributed by atoms with Crippen LogP contribution in [0.3, 0.4) is 0 Å². The maximum absolute atomic E-state index is 11.3. The number of hydrogen-bond acceptors (Lipinski definition) is 4. The van der Waals surface area contributed by atoms with Gasteiger partial charge in [-0.3, -0.25) is 4.98 Å². The van der Waals surface area contributed by atoms with E-state index < -0.39 is 5.97 Å². The van der Waals surface area contributed by atoms with E-state index in [0.717, 1.165) is 28.9 Å². The van der Waals surface area contributed by atoms with E-state index in [1.165, 1.54) is 12.3 Å². The molecule has 0 aliphatic carbocycles. The van der Waals surface area contributed by atoms with E-state index in [9.17, 15) is 9.90 Å². The van der Waals surface area contributed by atoms with Crippen molar-refractivity contribution < 1.29 is 14.6 Å². The summed E-state index contributed by atoms with van der Waals surface area (Å²) in [6.07, 6.45) is 7.76. The number of benzene rings is 1. The van der Waals surface area contributed by atoms with Crippen molar-refractivity contribution in [2.75, 3.05) is 18.5 Å². The molecule has 1 aliphatic rings. The normalized spacial score (nSPS) is 16.3. The average molecular weight is 350 g/mol. The molecule has 134 valence electrons. The largest absolute Gasteiger partial charge is 0.493 e. The van der Waals surface area contributed by atoms with Gasteiger partial charge in [0.1, 0.15) is 5.75 Å². The number of nitrogens with one attached hydrogen (secondary N) is 1. The van der Waals surface area contributed by atoms with Gasteiger partial charge >= 0.3 is 5.97 Å². The molecule has 1 aromatic heterocycles. The van der Waals surface area contributed by atoms with Gasteiger partial charge in [0, 0.05) is 18.7 Å². The number of ether oxygens (including phenoxy) is 1. The van der Waals surface area contributed by atoms with Gasteiger partial charge in [-0.1, -0.05) is 30.9 Å². The molecule has 0 saturated heterocycles. The van der Waals surface area contributed by atoms with Crippen molar-refractivity contribution in [2.45, 2.75) is 19.3 Å². The fourth-order valence-corrected chi connectivity index (χ4v) is 3.21. The second-order valence-electron chi connectivity index (χ2n) is 6.14. The van der Waals surface area contributed by atoms with Crippen LogP contribution in [0.25, 0.3) is 5.57 Å². The summed E-state index contributed by atoms with van der Waals surface area (Å²) in [6, 6.07) is 7.71. The Kier molecular flexibility index (Phi) is 5.37. The summed E-state index contributed by atoms with van der Waals surface area (Å²) in [5.41, 5.74) is 4.04. The number of nitrogens with zero attached hydrogens (tertiary/aromatic N) is 1. The highest BCUT2D eigenvalue weighted by Gasteiger charge is 2.22. The molecule has 2 aromatic rings. The number of aromatic carboxylic acids is 1. The Balaban J connectivity index is 1.80. The summed E-state index contributed by atoms with van der Waals surface area (Å²) in [6.45, 7) is 7.10. The van der Waals surface area contributed by atoms with Gasteiger partial charge in [0.2, 0.25) is 0 Å². The molecule has 1 aromatic carbocycles. The van der Waals surface area contributed by atoms with Gasteiger partial charge in [0.25, 0.3) is 0 Å². The number of carboxylic acids is 1. The number of carboxylic acid groups (broad SMARTS) is 1. The Bertz CT molecular complexity index is 858. The first-order chi connectivity index (χ1) is 12.6. The van der Waals surface area contributed by atoms with Crippen LogP contribution in [0.4, 0.5) is 5.69 Å². The van der Waals surface area contributed by atoms with Gasteiger partial charge in [0.15, 0.2) is 0 Å². The van der Waals surface area contributed by atoms with Crippen LogP contribution in [0.5, 0.6) is 5.75 Å². The molecule has 0 fully saturated rings. The highest BCUT2D eigenvalue weighted by molar-refractivity contribution is 5.93. The molecule has 26 heavy (non-hydrogen) atoms. The van der Waals surface area contributed by atoms with Crippen molar-refractivity contribution in [1.82, 2.24) is 4.98 Å². The zero-order valence-corrected chi connectivity index (χ0v) is 14.7. The van der Waals surface area contributed by atoms with Crippen LogP contribution >= 0.6 is 0 Å². The molecule has 2 N–H and O–H groups in total. The quantitative estimate of drug-likeness (QED) is 0.758. The Morgan fingerprint density at radius 1 is 1.46 bits per heavy atom. The molecule has 1 aliphatic heterocycles. The summed E-state index contributed by atoms with van der Waals surface area (Å²) in [7, 11) is 0. The fraction of sp³-hybridized carbons (Fsp3) is 0.238. The fourth-order valence-electron chi connectivity index (χ4n) is 3.21. The number of fused-ring (bicyclic) bond motifs is 1. The Hall–Kier alpha value is -3.08. The maximum atomic E-state index is 11.3. The van der Waals surface area contributed by atoms with E-state index in [2.05, 4.69) is 29.0 Å². The number of hydrogen-bond donors (Lipinski definition) is 2. The highest BCUT2D eigenvalue weighted by atomic mass is 16.5. The molecule has 3 rings (SSSR count). The smallest absolute Gasteiger partial charge is 0.337 e. The maximum Gasteiger partial charge on any atom is 0.337 e. The zero-order chi connectivity index (χ0) is 18.5. The van der Waals surface area contributed by atoms with Crippen LogP contribution in [0.2, 0.25) is 0 Å². The monoisotopic (exact) mass is 350 g/mol. The first-order valence-electron chi connectivity index (χ1n) is 8.61. The lowest BCUT2D eigenvalue weighted by Crippen LogP contribution is -2.21. The minimum Gasteiger partial charge on any atom is -0.493 e. The Morgan fingerprint density at radius 2 is 2.31 bits per heavy atom. The number of carbonyl (C=O) groups is 1. The number of allylic oxidation sites excluding steroid dienone is 3. The molecule has 0 spiro atoms. The summed E-state index contributed by atoms with van der Waals surface area (Å²) in [5, 5.41) is 12.5. The molecular weight excluding hydrogens is 328 g/mol. The summed E-state index contributed by atoms with van der Waals surface area (Å²) < 4.78 is 5.85. The van der Waals surface area contributed by atoms with Gasteiger partial charge in [-0.2, -0.15) is 0 Å². The molecular formula is C21H22N2O3. The van der Waals surface area contributed by atoms with E-state index in [4.69, 9.17) is 4.74 Å². The molecule has 0 amide bonds. The van der Waals surface area contributed by atoms with Crippen molar-refractivity contribution in [3.8, 4) is 5.75 Å². The molecule has 1 atom stereocenters. The van der Waals surface area contributed by atoms with Crippen LogP contribution in [0, 0.1) is 0 Å². The Labute approximate surface area is 153 Å². The van der Waals surface area contributed by atoms with E-state index in [1.807, 2.05) is 25.1 Å². The van der Waals surface area contributed by atoms with E-state index in [1.54, 1.807) is 6.20 Å². The van der Waals surface area contributed by atoms with Gasteiger partial charge in [0.05, 0.1) is 24.1 Å². The number of aromatic nitrogens is 1. The average Bonchev–Trinajstić information content (AvgIpc) is 2.67. The van der Waals surface area contributed by atoms with E-state index in [-0.39, 0.29) is 11.5 Å². The zero-order valence-electron chi connectivity index (χ0n) is 14.7. The topological polar surface area (TPSA) is 71.5 Å². The van der Waals surface area contributed by atoms with Crippen molar-refractivity contribution in [3.63, 3.8) is 0 Å². The minimum atomic E-state index is -0.963. The summed E-state index contributed by atoms with van der Waals surface area (Å²) in [5.74, 6) is 0.161. The molecule has 2 heterocycles. The van der Waals surface area contributed by atoms with Crippen LogP contribution in [0.15, 0.2) is 55.4 Å². The van der Waals surface area contributed by atoms with E-state index in [0.29, 0.717) is 18.8 Å². The SMILES string of the molecule is C=C/C(=C\C)c1ccc2c(c1)OCC[C@@H]2CNc1cnccc1C(=O)O. The minimum absolute atomic E-state index is 0.228. The van der Waals surface area contributed by atoms with Crippen LogP contribution < -0.4 is 10.1 Å². The highest BCUT2D eigenvalue weighted by Crippen LogP contribution is 2.36. The van der Waals surface area contributed by atoms with Crippen LogP contribution in [-0.2, 0) is 0 Å². The third-order valence-electron chi connectivity index (χ3n) is 4.63. The third kappa shape index (κ3) is 3.61. The predicted molar refractivity (Wildman–Crippen MR) is 103 cm³/mol. The van der Waals surface area contributed by atoms with Crippen LogP contribution in [0.1, 0.15) is 40.7 Å². The van der Waals surface area contributed by atoms with Crippen molar-refractivity contribution >= 4 is 17.2 Å². The second kappa shape index (κ2) is 7.87. The third-order valence-corrected chi connectivity index (χ3v) is 4.63. The molecule has 0 bridgehead atoms. The van der Waals surface area contributed by atoms with Gasteiger partial charge in [-0.25, -0.2) is 4.79 Å². The second-order valence-corrected chi connectivity index (χ2v) is 6.14. The predicted octanol–water partition coefficient (Wildman–Crippen LogP) is 4.35. The van der Waals surface area contributed by atoms with Crippen molar-refractivity contribution in [3.05, 3.63) is 72.1 Å². The molecule has 0 radical (unpaired) electrons. The van der Waals surface area contributed by atoms with Crippen molar-refractivity contribution in [2.24, 2.45) is 0 Å². The summed E-state index contributed by atoms with van der Waals surface area (Å²) in [4.78, 5) is 15.3. The lowest BCUT2D eigenvalue weighted by Gasteiger charge is -2.27. The lowest BCUT2D eigenvalue weighted by atomic mass is 9.91. The lowest BCUT2D eigenvalue weighted by molar-refractivity contribution is 0.0697. The molecule has 0 saturated carbocycles. The Morgan fingerprint density at radius 3 is 3.04 bits per heavy atom. The molecule has 5 nitrogen and oxygen atoms in total. The van der Waals surface area contributed by atoms with E-state index >= 15 is 0 Å². The van der Waals surface area contributed by atoms with Gasteiger partial charge in [-0.15, -0.1) is 0 Å². The summed E-state index contributed by atoms with van der Waals surface area (Å²) >= 11 is 0. The first-order valence-corrected chi connectivity index (χ1v) is 8.61. The molecule has 0 unspecified atom stereocenters. The van der Waals surface area contributed by atoms with Crippen molar-refractivity contribution in [1.29, 1.82) is 0 Å². The van der Waals surface area contributed by atoms with Gasteiger partial charge in [-0.05, 0) is 42.2 Å².